The Morgan fingerprint density at radius 2 is 1.70 bits per heavy atom. The summed E-state index contributed by atoms with van der Waals surface area (Å²) in [6, 6.07) is 21.8. The highest BCUT2D eigenvalue weighted by atomic mass is 32.2. The Morgan fingerprint density at radius 1 is 0.940 bits per heavy atom. The number of fused-ring (bicyclic) bond motifs is 3. The number of allylic oxidation sites excluding steroid dienone is 1. The first-order chi connectivity index (χ1) is 32.6. The van der Waals surface area contributed by atoms with E-state index in [1.54, 1.807) is 17.8 Å². The van der Waals surface area contributed by atoms with Crippen LogP contribution in [0.5, 0.6) is 23.0 Å². The third-order valence-corrected chi connectivity index (χ3v) is 15.1. The van der Waals surface area contributed by atoms with Crippen LogP contribution >= 0.6 is 11.8 Å². The molecule has 5 aliphatic rings. The number of hydrogen-bond donors (Lipinski definition) is 2. The van der Waals surface area contributed by atoms with Crippen molar-refractivity contribution in [2.24, 2.45) is 28.8 Å². The molecule has 6 atom stereocenters. The van der Waals surface area contributed by atoms with Crippen molar-refractivity contribution < 1.29 is 43.5 Å². The summed E-state index contributed by atoms with van der Waals surface area (Å²) in [5.41, 5.74) is 3.17. The van der Waals surface area contributed by atoms with E-state index in [0.717, 1.165) is 78.9 Å². The number of nitrogens with zero attached hydrogens (tertiary/aromatic N) is 2. The number of aliphatic hydroxyl groups is 2. The number of unbranched alkanes of at least 4 members (excludes halogenated alkanes) is 2. The SMILES string of the molecule is C=CCOC12Oc3ccc(OCCSc4ccccc4)cc3C3C(CCCCO)C(CCCCO)C=C(C(=NOC(C)(C)C)CC1N(Cc1ccc4c(c1)OCO4)C(=O)CCC1CCCC1)C32. The van der Waals surface area contributed by atoms with Gasteiger partial charge in [-0.1, -0.05) is 80.1 Å². The molecule has 0 saturated heterocycles. The van der Waals surface area contributed by atoms with Crippen molar-refractivity contribution >= 4 is 23.4 Å². The molecule has 0 bridgehead atoms. The summed E-state index contributed by atoms with van der Waals surface area (Å²) in [4.78, 5) is 24.9. The Balaban J connectivity index is 1.28. The number of hydrogen-bond acceptors (Lipinski definition) is 11. The molecule has 0 radical (unpaired) electrons. The summed E-state index contributed by atoms with van der Waals surface area (Å²) in [5, 5.41) is 25.1. The van der Waals surface area contributed by atoms with Crippen molar-refractivity contribution in [3.8, 4) is 23.0 Å². The normalized spacial score (nSPS) is 24.6. The molecule has 0 aromatic heterocycles. The van der Waals surface area contributed by atoms with Crippen LogP contribution in [-0.4, -0.2) is 83.1 Å². The van der Waals surface area contributed by atoms with Crippen LogP contribution in [0.4, 0.5) is 0 Å². The molecule has 2 fully saturated rings. The third-order valence-electron chi connectivity index (χ3n) is 14.2. The fourth-order valence-corrected chi connectivity index (χ4v) is 11.9. The van der Waals surface area contributed by atoms with E-state index in [0.29, 0.717) is 62.0 Å². The van der Waals surface area contributed by atoms with E-state index in [4.69, 9.17) is 33.7 Å². The van der Waals surface area contributed by atoms with Crippen LogP contribution in [0.3, 0.4) is 0 Å². The molecule has 362 valence electrons. The van der Waals surface area contributed by atoms with Crippen molar-refractivity contribution in [1.29, 1.82) is 0 Å². The standard InChI is InChI=1S/C55H72N2O9S/c1-5-29-64-55-50(57(51(60)26-22-38-15-9-10-16-38)36-39-21-24-48-49(32-39)63-37-62-48)35-46(56-66-54(2,3)4)44-33-40(17-11-13-27-58)43(20-12-14-28-59)52(53(44)55)45-34-41(23-25-47(45)65-55)61-30-31-67-42-18-7-6-8-19-42/h5-8,18-19,21,23-25,32-34,38,40,43,50,52-53,58-59H,1,9-17,20,22,26-31,35-37H2,2-4H3. The first-order valence-corrected chi connectivity index (χ1v) is 25.8. The summed E-state index contributed by atoms with van der Waals surface area (Å²) in [7, 11) is 0. The van der Waals surface area contributed by atoms with Gasteiger partial charge in [-0.05, 0) is 124 Å². The highest BCUT2D eigenvalue weighted by Gasteiger charge is 2.65. The zero-order valence-corrected chi connectivity index (χ0v) is 40.7. The van der Waals surface area contributed by atoms with Crippen molar-refractivity contribution in [3.05, 3.63) is 102 Å². The predicted octanol–water partition coefficient (Wildman–Crippen LogP) is 11.0. The van der Waals surface area contributed by atoms with Gasteiger partial charge in [-0.25, -0.2) is 0 Å². The molecule has 8 rings (SSSR count). The molecule has 12 heteroatoms. The zero-order valence-electron chi connectivity index (χ0n) is 39.9. The van der Waals surface area contributed by atoms with Crippen molar-refractivity contribution in [1.82, 2.24) is 4.90 Å². The predicted molar refractivity (Wildman–Crippen MR) is 263 cm³/mol. The summed E-state index contributed by atoms with van der Waals surface area (Å²) < 4.78 is 32.9. The molecule has 67 heavy (non-hydrogen) atoms. The smallest absolute Gasteiger partial charge is 0.239 e. The number of thioether (sulfide) groups is 1. The average molecular weight is 937 g/mol. The highest BCUT2D eigenvalue weighted by molar-refractivity contribution is 7.99. The van der Waals surface area contributed by atoms with Crippen LogP contribution in [0.2, 0.25) is 0 Å². The Kier molecular flexibility index (Phi) is 16.6. The lowest BCUT2D eigenvalue weighted by Crippen LogP contribution is -2.70. The molecular weight excluding hydrogens is 865 g/mol. The number of rotatable bonds is 23. The lowest BCUT2D eigenvalue weighted by atomic mass is 9.55. The molecule has 0 spiro atoms. The van der Waals surface area contributed by atoms with E-state index >= 15 is 4.79 Å². The van der Waals surface area contributed by atoms with Gasteiger partial charge < -0.3 is 43.6 Å². The molecule has 1 amide bonds. The lowest BCUT2D eigenvalue weighted by molar-refractivity contribution is -0.258. The minimum atomic E-state index is -1.36. The van der Waals surface area contributed by atoms with Gasteiger partial charge in [0.05, 0.1) is 24.8 Å². The second kappa shape index (κ2) is 22.7. The van der Waals surface area contributed by atoms with E-state index in [9.17, 15) is 10.2 Å². The summed E-state index contributed by atoms with van der Waals surface area (Å²) in [5.74, 6) is 2.45. The summed E-state index contributed by atoms with van der Waals surface area (Å²) in [6.07, 6.45) is 15.2. The second-order valence-electron chi connectivity index (χ2n) is 19.9. The maximum absolute atomic E-state index is 15.3. The van der Waals surface area contributed by atoms with Gasteiger partial charge in [0.15, 0.2) is 11.5 Å². The number of ether oxygens (including phenoxy) is 5. The van der Waals surface area contributed by atoms with E-state index in [2.05, 4.69) is 43.0 Å². The quantitative estimate of drug-likeness (QED) is 0.0410. The minimum absolute atomic E-state index is 0.0416. The van der Waals surface area contributed by atoms with Gasteiger partial charge >= 0.3 is 0 Å². The van der Waals surface area contributed by atoms with Gasteiger partial charge in [-0.2, -0.15) is 0 Å². The average Bonchev–Trinajstić information content (AvgIpc) is 4.04. The van der Waals surface area contributed by atoms with Crippen molar-refractivity contribution in [2.45, 2.75) is 139 Å². The van der Waals surface area contributed by atoms with Crippen LogP contribution in [0.25, 0.3) is 0 Å². The van der Waals surface area contributed by atoms with Gasteiger partial charge in [-0.15, -0.1) is 18.3 Å². The van der Waals surface area contributed by atoms with Gasteiger partial charge in [-0.3, -0.25) is 4.79 Å². The van der Waals surface area contributed by atoms with Gasteiger partial charge in [0.1, 0.15) is 23.1 Å². The molecule has 6 unspecified atom stereocenters. The number of oxime groups is 1. The molecule has 2 heterocycles. The number of aliphatic hydroxyl groups excluding tert-OH is 2. The fourth-order valence-electron chi connectivity index (χ4n) is 11.1. The highest BCUT2D eigenvalue weighted by Crippen LogP contribution is 2.62. The lowest BCUT2D eigenvalue weighted by Gasteiger charge is -2.60. The summed E-state index contributed by atoms with van der Waals surface area (Å²) in [6.45, 7) is 11.5. The first-order valence-electron chi connectivity index (χ1n) is 24.9. The monoisotopic (exact) mass is 936 g/mol. The first kappa shape index (κ1) is 48.9. The van der Waals surface area contributed by atoms with Crippen LogP contribution in [0.1, 0.15) is 121 Å². The molecule has 2 N–H and O–H groups in total. The van der Waals surface area contributed by atoms with E-state index in [-0.39, 0.29) is 50.3 Å². The van der Waals surface area contributed by atoms with Crippen LogP contribution in [0, 0.1) is 23.7 Å². The molecular formula is C55H72N2O9S. The van der Waals surface area contributed by atoms with E-state index in [1.165, 1.54) is 17.7 Å². The molecule has 3 aromatic rings. The third kappa shape index (κ3) is 11.7. The van der Waals surface area contributed by atoms with E-state index in [1.807, 2.05) is 62.1 Å². The molecule has 3 aliphatic carbocycles. The number of carbonyl (C=O) groups excluding carboxylic acids is 1. The van der Waals surface area contributed by atoms with Crippen molar-refractivity contribution in [3.63, 3.8) is 0 Å². The number of benzene rings is 3. The molecule has 11 nitrogen and oxygen atoms in total. The van der Waals surface area contributed by atoms with Gasteiger partial charge in [0.25, 0.3) is 0 Å². The minimum Gasteiger partial charge on any atom is -0.493 e. The second-order valence-corrected chi connectivity index (χ2v) is 21.1. The van der Waals surface area contributed by atoms with Crippen LogP contribution < -0.4 is 18.9 Å². The Morgan fingerprint density at radius 3 is 2.46 bits per heavy atom. The Labute approximate surface area is 402 Å². The molecule has 2 saturated carbocycles. The maximum atomic E-state index is 15.3. The van der Waals surface area contributed by atoms with Crippen molar-refractivity contribution in [2.75, 3.05) is 39.0 Å². The van der Waals surface area contributed by atoms with E-state index < -0.39 is 23.3 Å². The maximum Gasteiger partial charge on any atom is 0.239 e. The van der Waals surface area contributed by atoms with Crippen LogP contribution in [-0.2, 0) is 20.9 Å². The Hall–Kier alpha value is -4.49. The molecule has 2 aliphatic heterocycles. The van der Waals surface area contributed by atoms with Gasteiger partial charge in [0.2, 0.25) is 18.5 Å². The zero-order chi connectivity index (χ0) is 46.8. The van der Waals surface area contributed by atoms with Crippen LogP contribution in [0.15, 0.2) is 101 Å². The largest absolute Gasteiger partial charge is 0.493 e. The Bertz CT molecular complexity index is 2190. The topological polar surface area (TPSA) is 129 Å². The number of carbonyl (C=O) groups is 1. The summed E-state index contributed by atoms with van der Waals surface area (Å²) >= 11 is 1.76. The van der Waals surface area contributed by atoms with Gasteiger partial charge in [0, 0.05) is 54.7 Å². The number of amides is 1. The fraction of sp³-hybridized carbons (Fsp3) is 0.564. The molecule has 3 aromatic carbocycles.